The summed E-state index contributed by atoms with van der Waals surface area (Å²) in [5.74, 6) is 0.251. The Kier molecular flexibility index (Phi) is 4.10. The fourth-order valence-corrected chi connectivity index (χ4v) is 1.60. The molecule has 1 atom stereocenters. The maximum absolute atomic E-state index is 8.58. The Morgan fingerprint density at radius 2 is 2.38 bits per heavy atom. The summed E-state index contributed by atoms with van der Waals surface area (Å²) in [6.07, 6.45) is 3.58. The van der Waals surface area contributed by atoms with Gasteiger partial charge < -0.3 is 15.8 Å². The van der Waals surface area contributed by atoms with Crippen LogP contribution < -0.4 is 10.6 Å². The van der Waals surface area contributed by atoms with Crippen molar-refractivity contribution < 1.29 is 5.21 Å². The van der Waals surface area contributed by atoms with E-state index in [1.807, 2.05) is 33.2 Å². The van der Waals surface area contributed by atoms with Crippen molar-refractivity contribution in [2.45, 2.75) is 13.8 Å². The van der Waals surface area contributed by atoms with Gasteiger partial charge in [-0.25, -0.2) is 0 Å². The summed E-state index contributed by atoms with van der Waals surface area (Å²) < 4.78 is 0. The minimum absolute atomic E-state index is 0.00238. The first-order valence-corrected chi connectivity index (χ1v) is 5.15. The van der Waals surface area contributed by atoms with E-state index in [0.717, 1.165) is 11.3 Å². The van der Waals surface area contributed by atoms with Crippen LogP contribution >= 0.6 is 0 Å². The van der Waals surface area contributed by atoms with Crippen molar-refractivity contribution >= 4 is 11.5 Å². The minimum atomic E-state index is 0.00238. The number of rotatable bonds is 4. The van der Waals surface area contributed by atoms with Crippen LogP contribution in [-0.2, 0) is 0 Å². The third-order valence-electron chi connectivity index (χ3n) is 2.57. The summed E-state index contributed by atoms with van der Waals surface area (Å²) in [7, 11) is 1.98. The molecule has 1 rings (SSSR count). The van der Waals surface area contributed by atoms with Crippen LogP contribution in [0.15, 0.2) is 23.6 Å². The van der Waals surface area contributed by atoms with Crippen LogP contribution in [0.4, 0.5) is 5.69 Å². The first kappa shape index (κ1) is 12.3. The second-order valence-electron chi connectivity index (χ2n) is 3.97. The zero-order valence-corrected chi connectivity index (χ0v) is 9.88. The zero-order chi connectivity index (χ0) is 12.1. The van der Waals surface area contributed by atoms with Gasteiger partial charge in [-0.2, -0.15) is 0 Å². The van der Waals surface area contributed by atoms with Gasteiger partial charge in [-0.1, -0.05) is 12.1 Å². The van der Waals surface area contributed by atoms with Crippen LogP contribution in [0.5, 0.6) is 0 Å². The van der Waals surface area contributed by atoms with E-state index in [0.29, 0.717) is 6.54 Å². The number of hydrogen-bond acceptors (Lipinski definition) is 4. The van der Waals surface area contributed by atoms with E-state index in [4.69, 9.17) is 10.9 Å². The molecule has 5 nitrogen and oxygen atoms in total. The van der Waals surface area contributed by atoms with Gasteiger partial charge in [0, 0.05) is 37.6 Å². The Morgan fingerprint density at radius 3 is 2.94 bits per heavy atom. The van der Waals surface area contributed by atoms with Crippen molar-refractivity contribution in [3.63, 3.8) is 0 Å². The van der Waals surface area contributed by atoms with Gasteiger partial charge in [0.1, 0.15) is 5.84 Å². The SMILES string of the molecule is Cc1cnccc1N(C)CC(C)C(N)=NO. The van der Waals surface area contributed by atoms with Crippen LogP contribution in [0.3, 0.4) is 0 Å². The number of nitrogens with two attached hydrogens (primary N) is 1. The summed E-state index contributed by atoms with van der Waals surface area (Å²) in [4.78, 5) is 6.11. The highest BCUT2D eigenvalue weighted by Gasteiger charge is 2.12. The van der Waals surface area contributed by atoms with Gasteiger partial charge in [0.05, 0.1) is 0 Å². The topological polar surface area (TPSA) is 74.7 Å². The quantitative estimate of drug-likeness (QED) is 0.347. The van der Waals surface area contributed by atoms with Gasteiger partial charge in [0.2, 0.25) is 0 Å². The number of pyridine rings is 1. The highest BCUT2D eigenvalue weighted by Crippen LogP contribution is 2.17. The molecule has 0 fully saturated rings. The van der Waals surface area contributed by atoms with Crippen molar-refractivity contribution in [1.29, 1.82) is 0 Å². The van der Waals surface area contributed by atoms with Crippen LogP contribution in [0.1, 0.15) is 12.5 Å². The molecule has 0 aliphatic carbocycles. The first-order valence-electron chi connectivity index (χ1n) is 5.15. The molecule has 1 aromatic rings. The van der Waals surface area contributed by atoms with Crippen LogP contribution in [0.2, 0.25) is 0 Å². The van der Waals surface area contributed by atoms with Gasteiger partial charge in [-0.3, -0.25) is 4.98 Å². The lowest BCUT2D eigenvalue weighted by Gasteiger charge is -2.24. The molecule has 0 spiro atoms. The Morgan fingerprint density at radius 1 is 1.69 bits per heavy atom. The van der Waals surface area contributed by atoms with Gasteiger partial charge in [0.25, 0.3) is 0 Å². The average molecular weight is 222 g/mol. The van der Waals surface area contributed by atoms with Crippen LogP contribution in [-0.4, -0.2) is 29.6 Å². The first-order chi connectivity index (χ1) is 7.56. The Hall–Kier alpha value is -1.78. The zero-order valence-electron chi connectivity index (χ0n) is 9.88. The normalized spacial score (nSPS) is 13.6. The summed E-state index contributed by atoms with van der Waals surface area (Å²) in [6.45, 7) is 4.62. The summed E-state index contributed by atoms with van der Waals surface area (Å²) in [6, 6.07) is 1.95. The van der Waals surface area contributed by atoms with E-state index >= 15 is 0 Å². The van der Waals surface area contributed by atoms with E-state index in [1.54, 1.807) is 6.20 Å². The standard InChI is InChI=1S/C11H18N4O/c1-8-6-13-5-4-10(8)15(3)7-9(2)11(12)14-16/h4-6,9,16H,7H2,1-3H3,(H2,12,14). The molecule has 0 aliphatic heterocycles. The molecule has 0 radical (unpaired) electrons. The Balaban J connectivity index is 2.73. The molecule has 88 valence electrons. The third-order valence-corrected chi connectivity index (χ3v) is 2.57. The molecule has 5 heteroatoms. The maximum atomic E-state index is 8.58. The summed E-state index contributed by atoms with van der Waals surface area (Å²) in [5.41, 5.74) is 7.75. The lowest BCUT2D eigenvalue weighted by molar-refractivity contribution is 0.314. The van der Waals surface area contributed by atoms with Crippen molar-refractivity contribution in [1.82, 2.24) is 4.98 Å². The largest absolute Gasteiger partial charge is 0.409 e. The lowest BCUT2D eigenvalue weighted by atomic mass is 10.1. The smallest absolute Gasteiger partial charge is 0.143 e. The fourth-order valence-electron chi connectivity index (χ4n) is 1.60. The molecule has 0 aliphatic rings. The van der Waals surface area contributed by atoms with Gasteiger partial charge in [-0.15, -0.1) is 0 Å². The molecule has 1 unspecified atom stereocenters. The number of nitrogens with zero attached hydrogens (tertiary/aromatic N) is 3. The van der Waals surface area contributed by atoms with E-state index in [-0.39, 0.29) is 11.8 Å². The molecular formula is C11H18N4O. The van der Waals surface area contributed by atoms with Crippen molar-refractivity contribution in [2.75, 3.05) is 18.5 Å². The molecule has 0 saturated carbocycles. The Bertz CT molecular complexity index is 378. The van der Waals surface area contributed by atoms with Crippen LogP contribution in [0.25, 0.3) is 0 Å². The van der Waals surface area contributed by atoms with Gasteiger partial charge >= 0.3 is 0 Å². The van der Waals surface area contributed by atoms with Crippen LogP contribution in [0, 0.1) is 12.8 Å². The molecule has 1 heterocycles. The molecular weight excluding hydrogens is 204 g/mol. The number of oxime groups is 1. The van der Waals surface area contributed by atoms with E-state index in [2.05, 4.69) is 15.0 Å². The highest BCUT2D eigenvalue weighted by molar-refractivity contribution is 5.82. The van der Waals surface area contributed by atoms with E-state index in [9.17, 15) is 0 Å². The van der Waals surface area contributed by atoms with E-state index in [1.165, 1.54) is 0 Å². The summed E-state index contributed by atoms with van der Waals surface area (Å²) in [5, 5.41) is 11.6. The Labute approximate surface area is 95.6 Å². The van der Waals surface area contributed by atoms with Crippen molar-refractivity contribution in [2.24, 2.45) is 16.8 Å². The summed E-state index contributed by atoms with van der Waals surface area (Å²) >= 11 is 0. The molecule has 0 saturated heterocycles. The molecule has 16 heavy (non-hydrogen) atoms. The van der Waals surface area contributed by atoms with Crippen molar-refractivity contribution in [3.8, 4) is 0 Å². The maximum Gasteiger partial charge on any atom is 0.143 e. The highest BCUT2D eigenvalue weighted by atomic mass is 16.4. The molecule has 0 aromatic carbocycles. The second kappa shape index (κ2) is 5.34. The predicted octanol–water partition coefficient (Wildman–Crippen LogP) is 1.21. The number of hydrogen-bond donors (Lipinski definition) is 2. The number of amidine groups is 1. The third kappa shape index (κ3) is 2.85. The molecule has 1 aromatic heterocycles. The second-order valence-corrected chi connectivity index (χ2v) is 3.97. The molecule has 3 N–H and O–H groups in total. The van der Waals surface area contributed by atoms with Gasteiger partial charge in [0.15, 0.2) is 0 Å². The predicted molar refractivity (Wildman–Crippen MR) is 64.8 cm³/mol. The number of aromatic nitrogens is 1. The fraction of sp³-hybridized carbons (Fsp3) is 0.455. The molecule has 0 amide bonds. The lowest BCUT2D eigenvalue weighted by Crippen LogP contribution is -2.33. The average Bonchev–Trinajstić information content (AvgIpc) is 2.28. The molecule has 0 bridgehead atoms. The number of aryl methyl sites for hydroxylation is 1. The monoisotopic (exact) mass is 222 g/mol. The van der Waals surface area contributed by atoms with Crippen molar-refractivity contribution in [3.05, 3.63) is 24.0 Å². The minimum Gasteiger partial charge on any atom is -0.409 e. The van der Waals surface area contributed by atoms with Gasteiger partial charge in [-0.05, 0) is 18.6 Å². The number of anilines is 1. The van der Waals surface area contributed by atoms with E-state index < -0.39 is 0 Å².